The van der Waals surface area contributed by atoms with Gasteiger partial charge < -0.3 is 9.84 Å². The van der Waals surface area contributed by atoms with Crippen molar-refractivity contribution in [3.8, 4) is 16.9 Å². The van der Waals surface area contributed by atoms with Gasteiger partial charge in [0, 0.05) is 11.1 Å². The maximum absolute atomic E-state index is 14.0. The molecule has 0 amide bonds. The van der Waals surface area contributed by atoms with Crippen molar-refractivity contribution in [2.24, 2.45) is 0 Å². The number of carboxylic acids is 1. The van der Waals surface area contributed by atoms with Gasteiger partial charge in [-0.15, -0.1) is 0 Å². The van der Waals surface area contributed by atoms with Crippen molar-refractivity contribution in [3.05, 3.63) is 53.6 Å². The van der Waals surface area contributed by atoms with Gasteiger partial charge in [-0.3, -0.25) is 4.79 Å². The van der Waals surface area contributed by atoms with Gasteiger partial charge in [0.1, 0.15) is 17.4 Å². The fourth-order valence-electron chi connectivity index (χ4n) is 1.90. The minimum Gasteiger partial charge on any atom is -0.497 e. The summed E-state index contributed by atoms with van der Waals surface area (Å²) < 4.78 is 32.8. The molecule has 2 aromatic carbocycles. The van der Waals surface area contributed by atoms with Crippen LogP contribution in [0.25, 0.3) is 11.1 Å². The molecule has 0 unspecified atom stereocenters. The van der Waals surface area contributed by atoms with E-state index in [4.69, 9.17) is 9.84 Å². The zero-order valence-electron chi connectivity index (χ0n) is 10.7. The Bertz CT molecular complexity index is 654. The van der Waals surface area contributed by atoms with E-state index in [1.807, 2.05) is 0 Å². The monoisotopic (exact) mass is 278 g/mol. The molecule has 1 N–H and O–H groups in total. The third-order valence-corrected chi connectivity index (χ3v) is 2.86. The SMILES string of the molecule is COc1cccc(-c2cc(F)c(CC(=O)O)cc2F)c1. The van der Waals surface area contributed by atoms with Gasteiger partial charge in [0.25, 0.3) is 0 Å². The Morgan fingerprint density at radius 2 is 1.95 bits per heavy atom. The molecule has 0 atom stereocenters. The second-order valence-corrected chi connectivity index (χ2v) is 4.23. The number of hydrogen-bond acceptors (Lipinski definition) is 2. The number of ether oxygens (including phenoxy) is 1. The Morgan fingerprint density at radius 1 is 1.20 bits per heavy atom. The predicted molar refractivity (Wildman–Crippen MR) is 69.7 cm³/mol. The maximum atomic E-state index is 14.0. The summed E-state index contributed by atoms with van der Waals surface area (Å²) in [5, 5.41) is 8.63. The topological polar surface area (TPSA) is 46.5 Å². The van der Waals surface area contributed by atoms with Gasteiger partial charge in [-0.05, 0) is 29.8 Å². The molecule has 0 aliphatic heterocycles. The largest absolute Gasteiger partial charge is 0.497 e. The summed E-state index contributed by atoms with van der Waals surface area (Å²) in [5.74, 6) is -2.10. The molecule has 104 valence electrons. The fraction of sp³-hybridized carbons (Fsp3) is 0.133. The van der Waals surface area contributed by atoms with Crippen LogP contribution in [0.3, 0.4) is 0 Å². The zero-order chi connectivity index (χ0) is 14.7. The summed E-state index contributed by atoms with van der Waals surface area (Å²) in [6, 6.07) is 8.47. The smallest absolute Gasteiger partial charge is 0.307 e. The predicted octanol–water partition coefficient (Wildman–Crippen LogP) is 3.27. The lowest BCUT2D eigenvalue weighted by Crippen LogP contribution is -2.04. The number of aliphatic carboxylic acids is 1. The molecule has 3 nitrogen and oxygen atoms in total. The van der Waals surface area contributed by atoms with Crippen molar-refractivity contribution in [2.45, 2.75) is 6.42 Å². The van der Waals surface area contributed by atoms with E-state index in [1.165, 1.54) is 7.11 Å². The number of halogens is 2. The average molecular weight is 278 g/mol. The minimum absolute atomic E-state index is 0.0653. The number of carboxylic acid groups (broad SMARTS) is 1. The van der Waals surface area contributed by atoms with Crippen LogP contribution in [0, 0.1) is 11.6 Å². The van der Waals surface area contributed by atoms with Gasteiger partial charge in [0.2, 0.25) is 0 Å². The highest BCUT2D eigenvalue weighted by molar-refractivity contribution is 5.72. The van der Waals surface area contributed by atoms with E-state index in [0.29, 0.717) is 11.3 Å². The molecule has 0 heterocycles. The fourth-order valence-corrected chi connectivity index (χ4v) is 1.90. The first kappa shape index (κ1) is 14.0. The van der Waals surface area contributed by atoms with Crippen LogP contribution in [0.2, 0.25) is 0 Å². The van der Waals surface area contributed by atoms with Crippen LogP contribution in [0.15, 0.2) is 36.4 Å². The van der Waals surface area contributed by atoms with E-state index in [1.54, 1.807) is 24.3 Å². The molecule has 20 heavy (non-hydrogen) atoms. The van der Waals surface area contributed by atoms with Crippen LogP contribution >= 0.6 is 0 Å². The van der Waals surface area contributed by atoms with Gasteiger partial charge >= 0.3 is 5.97 Å². The Morgan fingerprint density at radius 3 is 2.60 bits per heavy atom. The summed E-state index contributed by atoms with van der Waals surface area (Å²) in [7, 11) is 1.48. The number of hydrogen-bond donors (Lipinski definition) is 1. The second kappa shape index (κ2) is 5.69. The molecule has 0 saturated heterocycles. The van der Waals surface area contributed by atoms with Gasteiger partial charge in [-0.2, -0.15) is 0 Å². The Kier molecular flexibility index (Phi) is 3.98. The van der Waals surface area contributed by atoms with Gasteiger partial charge in [0.05, 0.1) is 13.5 Å². The second-order valence-electron chi connectivity index (χ2n) is 4.23. The molecule has 5 heteroatoms. The quantitative estimate of drug-likeness (QED) is 0.933. The summed E-state index contributed by atoms with van der Waals surface area (Å²) in [5.41, 5.74) is 0.347. The highest BCUT2D eigenvalue weighted by Gasteiger charge is 2.14. The third-order valence-electron chi connectivity index (χ3n) is 2.86. The molecule has 2 aromatic rings. The molecule has 0 bridgehead atoms. The molecular weight excluding hydrogens is 266 g/mol. The Hall–Kier alpha value is -2.43. The maximum Gasteiger partial charge on any atom is 0.307 e. The molecule has 0 aliphatic carbocycles. The highest BCUT2D eigenvalue weighted by atomic mass is 19.1. The standard InChI is InChI=1S/C15H12F2O3/c1-20-11-4-2-3-9(5-11)12-8-13(16)10(6-14(12)17)7-15(18)19/h2-6,8H,7H2,1H3,(H,18,19). The zero-order valence-corrected chi connectivity index (χ0v) is 10.7. The first-order valence-electron chi connectivity index (χ1n) is 5.85. The molecule has 0 radical (unpaired) electrons. The van der Waals surface area contributed by atoms with Gasteiger partial charge in [-0.1, -0.05) is 12.1 Å². The number of methoxy groups -OCH3 is 1. The summed E-state index contributed by atoms with van der Waals surface area (Å²) in [6.45, 7) is 0. The summed E-state index contributed by atoms with van der Waals surface area (Å²) in [4.78, 5) is 10.6. The van der Waals surface area contributed by atoms with Crippen LogP contribution in [0.5, 0.6) is 5.75 Å². The van der Waals surface area contributed by atoms with E-state index in [9.17, 15) is 13.6 Å². The normalized spacial score (nSPS) is 10.3. The Labute approximate surface area is 114 Å². The lowest BCUT2D eigenvalue weighted by Gasteiger charge is -2.08. The molecule has 0 aromatic heterocycles. The first-order chi connectivity index (χ1) is 9.51. The van der Waals surface area contributed by atoms with Crippen LogP contribution < -0.4 is 4.74 Å². The van der Waals surface area contributed by atoms with E-state index in [2.05, 4.69) is 0 Å². The van der Waals surface area contributed by atoms with E-state index in [-0.39, 0.29) is 11.1 Å². The van der Waals surface area contributed by atoms with Gasteiger partial charge in [-0.25, -0.2) is 8.78 Å². The molecule has 0 saturated carbocycles. The van der Waals surface area contributed by atoms with Crippen molar-refractivity contribution in [1.82, 2.24) is 0 Å². The van der Waals surface area contributed by atoms with Crippen LogP contribution in [-0.2, 0) is 11.2 Å². The van der Waals surface area contributed by atoms with Crippen LogP contribution in [0.4, 0.5) is 8.78 Å². The number of carbonyl (C=O) groups is 1. The number of benzene rings is 2. The van der Waals surface area contributed by atoms with E-state index in [0.717, 1.165) is 12.1 Å². The van der Waals surface area contributed by atoms with Crippen LogP contribution in [0.1, 0.15) is 5.56 Å². The van der Waals surface area contributed by atoms with Crippen molar-refractivity contribution in [2.75, 3.05) is 7.11 Å². The summed E-state index contributed by atoms with van der Waals surface area (Å²) in [6.07, 6.45) is -0.554. The van der Waals surface area contributed by atoms with Gasteiger partial charge in [0.15, 0.2) is 0 Å². The molecule has 0 aliphatic rings. The number of rotatable bonds is 4. The van der Waals surface area contributed by atoms with Crippen molar-refractivity contribution >= 4 is 5.97 Å². The van der Waals surface area contributed by atoms with Crippen molar-refractivity contribution in [3.63, 3.8) is 0 Å². The van der Waals surface area contributed by atoms with Crippen molar-refractivity contribution < 1.29 is 23.4 Å². The first-order valence-corrected chi connectivity index (χ1v) is 5.85. The average Bonchev–Trinajstić information content (AvgIpc) is 2.42. The highest BCUT2D eigenvalue weighted by Crippen LogP contribution is 2.28. The van der Waals surface area contributed by atoms with E-state index < -0.39 is 24.0 Å². The summed E-state index contributed by atoms with van der Waals surface area (Å²) >= 11 is 0. The Balaban J connectivity index is 2.47. The molecule has 0 fully saturated rings. The lowest BCUT2D eigenvalue weighted by atomic mass is 10.0. The lowest BCUT2D eigenvalue weighted by molar-refractivity contribution is -0.136. The third kappa shape index (κ3) is 2.93. The molecule has 2 rings (SSSR count). The molecular formula is C15H12F2O3. The van der Waals surface area contributed by atoms with Crippen LogP contribution in [-0.4, -0.2) is 18.2 Å². The van der Waals surface area contributed by atoms with Crippen molar-refractivity contribution in [1.29, 1.82) is 0 Å². The minimum atomic E-state index is -1.21. The molecule has 0 spiro atoms. The van der Waals surface area contributed by atoms with E-state index >= 15 is 0 Å².